The van der Waals surface area contributed by atoms with Crippen molar-refractivity contribution in [3.63, 3.8) is 0 Å². The van der Waals surface area contributed by atoms with Crippen LogP contribution in [0.3, 0.4) is 0 Å². The summed E-state index contributed by atoms with van der Waals surface area (Å²) in [6.07, 6.45) is 0. The summed E-state index contributed by atoms with van der Waals surface area (Å²) < 4.78 is 0. The Morgan fingerprint density at radius 1 is 1.05 bits per heavy atom. The Bertz CT molecular complexity index is 726. The van der Waals surface area contributed by atoms with Crippen LogP contribution in [0.4, 0.5) is 5.69 Å². The van der Waals surface area contributed by atoms with Gasteiger partial charge in [-0.3, -0.25) is 0 Å². The lowest BCUT2D eigenvalue weighted by Crippen LogP contribution is -2.06. The molecule has 102 valence electrons. The van der Waals surface area contributed by atoms with E-state index in [1.54, 1.807) is 0 Å². The van der Waals surface area contributed by atoms with E-state index in [2.05, 4.69) is 65.5 Å². The van der Waals surface area contributed by atoms with Gasteiger partial charge in [0.25, 0.3) is 0 Å². The fourth-order valence-corrected chi connectivity index (χ4v) is 2.42. The van der Waals surface area contributed by atoms with Crippen LogP contribution >= 0.6 is 0 Å². The number of anilines is 1. The highest BCUT2D eigenvalue weighted by Gasteiger charge is 2.06. The average molecular weight is 265 g/mol. The number of hydrogen-bond acceptors (Lipinski definition) is 2. The molecule has 0 spiro atoms. The van der Waals surface area contributed by atoms with Gasteiger partial charge in [-0.25, -0.2) is 4.98 Å². The van der Waals surface area contributed by atoms with Gasteiger partial charge in [-0.15, -0.1) is 0 Å². The second-order valence-electron chi connectivity index (χ2n) is 5.33. The molecule has 1 heterocycles. The van der Waals surface area contributed by atoms with E-state index in [1.165, 1.54) is 11.1 Å². The number of fused-ring (bicyclic) bond motifs is 1. The van der Waals surface area contributed by atoms with Crippen LogP contribution in [-0.2, 0) is 0 Å². The third-order valence-electron chi connectivity index (χ3n) is 3.56. The summed E-state index contributed by atoms with van der Waals surface area (Å²) in [5.41, 5.74) is 5.76. The summed E-state index contributed by atoms with van der Waals surface area (Å²) in [7, 11) is 0. The van der Waals surface area contributed by atoms with E-state index in [-0.39, 0.29) is 6.04 Å². The number of aromatic nitrogens is 2. The quantitative estimate of drug-likeness (QED) is 0.739. The molecule has 0 aliphatic heterocycles. The molecule has 1 atom stereocenters. The molecule has 0 bridgehead atoms. The van der Waals surface area contributed by atoms with Gasteiger partial charge in [-0.2, -0.15) is 0 Å². The van der Waals surface area contributed by atoms with Gasteiger partial charge in [-0.1, -0.05) is 29.8 Å². The Hall–Kier alpha value is -2.29. The second-order valence-corrected chi connectivity index (χ2v) is 5.33. The van der Waals surface area contributed by atoms with Gasteiger partial charge in [0.05, 0.1) is 11.0 Å². The molecule has 3 aromatic rings. The van der Waals surface area contributed by atoms with Crippen molar-refractivity contribution in [2.75, 3.05) is 5.32 Å². The van der Waals surface area contributed by atoms with Crippen LogP contribution in [0.1, 0.15) is 29.9 Å². The summed E-state index contributed by atoms with van der Waals surface area (Å²) in [5, 5.41) is 3.53. The van der Waals surface area contributed by atoms with E-state index in [0.29, 0.717) is 0 Å². The summed E-state index contributed by atoms with van der Waals surface area (Å²) >= 11 is 0. The van der Waals surface area contributed by atoms with Crippen molar-refractivity contribution in [3.8, 4) is 0 Å². The van der Waals surface area contributed by atoms with Crippen LogP contribution in [0.2, 0.25) is 0 Å². The Morgan fingerprint density at radius 2 is 1.80 bits per heavy atom. The van der Waals surface area contributed by atoms with Crippen LogP contribution < -0.4 is 5.32 Å². The van der Waals surface area contributed by atoms with Gasteiger partial charge in [0, 0.05) is 11.7 Å². The lowest BCUT2D eigenvalue weighted by atomic mass is 10.1. The highest BCUT2D eigenvalue weighted by molar-refractivity contribution is 5.79. The normalized spacial score (nSPS) is 12.6. The predicted octanol–water partition coefficient (Wildman–Crippen LogP) is 4.35. The summed E-state index contributed by atoms with van der Waals surface area (Å²) in [6, 6.07) is 15.1. The van der Waals surface area contributed by atoms with Crippen LogP contribution in [0.5, 0.6) is 0 Å². The fraction of sp³-hybridized carbons (Fsp3) is 0.235. The SMILES string of the molecule is Cc1ccc(C(C)Nc2ccc3nc(C)[nH]c3c2)cc1. The van der Waals surface area contributed by atoms with Crippen LogP contribution in [0.25, 0.3) is 11.0 Å². The molecule has 2 aromatic carbocycles. The maximum Gasteiger partial charge on any atom is 0.104 e. The topological polar surface area (TPSA) is 40.7 Å². The molecule has 20 heavy (non-hydrogen) atoms. The average Bonchev–Trinajstić information content (AvgIpc) is 2.78. The standard InChI is InChI=1S/C17H19N3/c1-11-4-6-14(7-5-11)12(2)18-15-8-9-16-17(10-15)20-13(3)19-16/h4-10,12,18H,1-3H3,(H,19,20). The molecular weight excluding hydrogens is 246 g/mol. The van der Waals surface area contributed by atoms with Gasteiger partial charge in [0.15, 0.2) is 0 Å². The fourth-order valence-electron chi connectivity index (χ4n) is 2.42. The zero-order chi connectivity index (χ0) is 14.1. The molecule has 0 radical (unpaired) electrons. The Morgan fingerprint density at radius 3 is 2.55 bits per heavy atom. The van der Waals surface area contributed by atoms with Crippen LogP contribution in [0, 0.1) is 13.8 Å². The van der Waals surface area contributed by atoms with Gasteiger partial charge in [0.2, 0.25) is 0 Å². The van der Waals surface area contributed by atoms with E-state index in [1.807, 2.05) is 13.0 Å². The number of imidazole rings is 1. The summed E-state index contributed by atoms with van der Waals surface area (Å²) in [6.45, 7) is 6.26. The van der Waals surface area contributed by atoms with E-state index >= 15 is 0 Å². The number of rotatable bonds is 3. The van der Waals surface area contributed by atoms with Gasteiger partial charge >= 0.3 is 0 Å². The number of aryl methyl sites for hydroxylation is 2. The highest BCUT2D eigenvalue weighted by Crippen LogP contribution is 2.22. The van der Waals surface area contributed by atoms with E-state index in [9.17, 15) is 0 Å². The summed E-state index contributed by atoms with van der Waals surface area (Å²) in [4.78, 5) is 7.69. The molecule has 0 saturated carbocycles. The number of H-pyrrole nitrogens is 1. The minimum atomic E-state index is 0.275. The molecule has 0 fully saturated rings. The highest BCUT2D eigenvalue weighted by atomic mass is 14.9. The first-order valence-electron chi connectivity index (χ1n) is 6.91. The largest absolute Gasteiger partial charge is 0.378 e. The molecule has 3 rings (SSSR count). The number of aromatic amines is 1. The first-order chi connectivity index (χ1) is 9.61. The van der Waals surface area contributed by atoms with Crippen molar-refractivity contribution in [3.05, 3.63) is 59.4 Å². The number of nitrogens with zero attached hydrogens (tertiary/aromatic N) is 1. The molecule has 0 saturated heterocycles. The van der Waals surface area contributed by atoms with Crippen molar-refractivity contribution in [1.29, 1.82) is 0 Å². The van der Waals surface area contributed by atoms with Crippen molar-refractivity contribution >= 4 is 16.7 Å². The number of hydrogen-bond donors (Lipinski definition) is 2. The first-order valence-corrected chi connectivity index (χ1v) is 6.91. The number of nitrogens with one attached hydrogen (secondary N) is 2. The van der Waals surface area contributed by atoms with E-state index in [0.717, 1.165) is 22.5 Å². The monoisotopic (exact) mass is 265 g/mol. The molecular formula is C17H19N3. The molecule has 1 unspecified atom stereocenters. The molecule has 1 aromatic heterocycles. The molecule has 0 aliphatic carbocycles. The third-order valence-corrected chi connectivity index (χ3v) is 3.56. The zero-order valence-corrected chi connectivity index (χ0v) is 12.1. The van der Waals surface area contributed by atoms with E-state index in [4.69, 9.17) is 0 Å². The van der Waals surface area contributed by atoms with Crippen molar-refractivity contribution in [2.24, 2.45) is 0 Å². The third kappa shape index (κ3) is 2.52. The smallest absolute Gasteiger partial charge is 0.104 e. The maximum atomic E-state index is 4.42. The van der Waals surface area contributed by atoms with Crippen molar-refractivity contribution < 1.29 is 0 Å². The van der Waals surface area contributed by atoms with Gasteiger partial charge < -0.3 is 10.3 Å². The zero-order valence-electron chi connectivity index (χ0n) is 12.1. The Kier molecular flexibility index (Phi) is 3.18. The van der Waals surface area contributed by atoms with Crippen molar-refractivity contribution in [1.82, 2.24) is 9.97 Å². The van der Waals surface area contributed by atoms with Crippen LogP contribution in [0.15, 0.2) is 42.5 Å². The van der Waals surface area contributed by atoms with Crippen LogP contribution in [-0.4, -0.2) is 9.97 Å². The molecule has 0 amide bonds. The van der Waals surface area contributed by atoms with Gasteiger partial charge in [-0.05, 0) is 44.5 Å². The molecule has 0 aliphatic rings. The van der Waals surface area contributed by atoms with Gasteiger partial charge in [0.1, 0.15) is 5.82 Å². The lowest BCUT2D eigenvalue weighted by Gasteiger charge is -2.16. The number of benzene rings is 2. The maximum absolute atomic E-state index is 4.42. The molecule has 3 heteroatoms. The summed E-state index contributed by atoms with van der Waals surface area (Å²) in [5.74, 6) is 0.948. The Balaban J connectivity index is 1.82. The van der Waals surface area contributed by atoms with E-state index < -0.39 is 0 Å². The Labute approximate surface area is 119 Å². The minimum absolute atomic E-state index is 0.275. The predicted molar refractivity (Wildman–Crippen MR) is 84.0 cm³/mol. The molecule has 3 nitrogen and oxygen atoms in total. The second kappa shape index (κ2) is 5.00. The first kappa shape index (κ1) is 12.7. The van der Waals surface area contributed by atoms with Crippen molar-refractivity contribution in [2.45, 2.75) is 26.8 Å². The molecule has 2 N–H and O–H groups in total. The minimum Gasteiger partial charge on any atom is -0.378 e. The lowest BCUT2D eigenvalue weighted by molar-refractivity contribution is 0.884.